The second-order valence-electron chi connectivity index (χ2n) is 7.34. The lowest BCUT2D eigenvalue weighted by molar-refractivity contribution is -0.132. The normalized spacial score (nSPS) is 15.3. The predicted molar refractivity (Wildman–Crippen MR) is 109 cm³/mol. The molecule has 1 fully saturated rings. The summed E-state index contributed by atoms with van der Waals surface area (Å²) in [6.07, 6.45) is 12.2. The molecule has 0 saturated carbocycles. The van der Waals surface area contributed by atoms with Crippen molar-refractivity contribution in [2.24, 2.45) is 0 Å². The maximum atomic E-state index is 12.5. The SMILES string of the molecule is CS(=O)(=O)c1cnc(-c2ccncc2)nc1C1CCN(C(=O)Cn2ccnc2)CC1. The molecule has 4 heterocycles. The first-order valence-electron chi connectivity index (χ1n) is 9.63. The van der Waals surface area contributed by atoms with Crippen molar-refractivity contribution in [1.29, 1.82) is 0 Å². The van der Waals surface area contributed by atoms with E-state index < -0.39 is 9.84 Å². The first-order valence-corrected chi connectivity index (χ1v) is 11.5. The van der Waals surface area contributed by atoms with Gasteiger partial charge < -0.3 is 9.47 Å². The summed E-state index contributed by atoms with van der Waals surface area (Å²) in [5.41, 5.74) is 1.31. The van der Waals surface area contributed by atoms with Gasteiger partial charge >= 0.3 is 0 Å². The molecule has 0 unspecified atom stereocenters. The second-order valence-corrected chi connectivity index (χ2v) is 9.33. The van der Waals surface area contributed by atoms with Crippen LogP contribution in [0.25, 0.3) is 11.4 Å². The Morgan fingerprint density at radius 2 is 1.87 bits per heavy atom. The Morgan fingerprint density at radius 3 is 2.50 bits per heavy atom. The molecule has 156 valence electrons. The number of carbonyl (C=O) groups is 1. The van der Waals surface area contributed by atoms with Crippen LogP contribution in [-0.4, -0.2) is 63.1 Å². The molecule has 1 amide bonds. The van der Waals surface area contributed by atoms with E-state index in [-0.39, 0.29) is 23.3 Å². The second kappa shape index (κ2) is 8.31. The molecule has 0 radical (unpaired) electrons. The van der Waals surface area contributed by atoms with Crippen LogP contribution < -0.4 is 0 Å². The van der Waals surface area contributed by atoms with Crippen LogP contribution in [0.3, 0.4) is 0 Å². The van der Waals surface area contributed by atoms with Gasteiger partial charge in [-0.25, -0.2) is 23.4 Å². The lowest BCUT2D eigenvalue weighted by Gasteiger charge is -2.32. The van der Waals surface area contributed by atoms with E-state index in [0.717, 1.165) is 5.56 Å². The van der Waals surface area contributed by atoms with Crippen molar-refractivity contribution in [2.45, 2.75) is 30.2 Å². The summed E-state index contributed by atoms with van der Waals surface area (Å²) in [7, 11) is -3.47. The maximum absolute atomic E-state index is 12.5. The van der Waals surface area contributed by atoms with Crippen LogP contribution in [0.15, 0.2) is 54.3 Å². The molecule has 1 aliphatic heterocycles. The minimum absolute atomic E-state index is 0.0231. The van der Waals surface area contributed by atoms with Gasteiger partial charge in [0.2, 0.25) is 5.91 Å². The van der Waals surface area contributed by atoms with Crippen LogP contribution in [0.1, 0.15) is 24.5 Å². The Bertz CT molecular complexity index is 1120. The highest BCUT2D eigenvalue weighted by atomic mass is 32.2. The molecule has 0 aromatic carbocycles. The van der Waals surface area contributed by atoms with Crippen LogP contribution in [0.4, 0.5) is 0 Å². The smallest absolute Gasteiger partial charge is 0.242 e. The van der Waals surface area contributed by atoms with E-state index in [2.05, 4.69) is 19.9 Å². The van der Waals surface area contributed by atoms with Crippen molar-refractivity contribution in [1.82, 2.24) is 29.4 Å². The monoisotopic (exact) mass is 426 g/mol. The number of nitrogens with zero attached hydrogens (tertiary/aromatic N) is 6. The highest BCUT2D eigenvalue weighted by Crippen LogP contribution is 2.32. The first kappa shape index (κ1) is 20.1. The number of hydrogen-bond acceptors (Lipinski definition) is 7. The zero-order chi connectivity index (χ0) is 21.1. The summed E-state index contributed by atoms with van der Waals surface area (Å²) in [6, 6.07) is 3.58. The molecule has 1 saturated heterocycles. The van der Waals surface area contributed by atoms with Crippen molar-refractivity contribution < 1.29 is 13.2 Å². The van der Waals surface area contributed by atoms with E-state index in [1.165, 1.54) is 12.5 Å². The quantitative estimate of drug-likeness (QED) is 0.608. The van der Waals surface area contributed by atoms with E-state index in [1.807, 2.05) is 4.90 Å². The van der Waals surface area contributed by atoms with Crippen molar-refractivity contribution in [3.8, 4) is 11.4 Å². The molecule has 3 aromatic heterocycles. The number of aromatic nitrogens is 5. The van der Waals surface area contributed by atoms with Crippen LogP contribution in [0.2, 0.25) is 0 Å². The molecule has 9 nitrogen and oxygen atoms in total. The molecule has 0 bridgehead atoms. The number of sulfone groups is 1. The van der Waals surface area contributed by atoms with Crippen LogP contribution in [-0.2, 0) is 21.2 Å². The number of imidazole rings is 1. The van der Waals surface area contributed by atoms with Crippen LogP contribution >= 0.6 is 0 Å². The third-order valence-electron chi connectivity index (χ3n) is 5.23. The summed E-state index contributed by atoms with van der Waals surface area (Å²) < 4.78 is 26.4. The van der Waals surface area contributed by atoms with Gasteiger partial charge in [0.25, 0.3) is 0 Å². The number of carbonyl (C=O) groups excluding carboxylic acids is 1. The van der Waals surface area contributed by atoms with E-state index in [0.29, 0.717) is 37.4 Å². The molecule has 4 rings (SSSR count). The fraction of sp³-hybridized carbons (Fsp3) is 0.350. The van der Waals surface area contributed by atoms with Gasteiger partial charge in [0, 0.05) is 61.8 Å². The number of rotatable bonds is 5. The molecule has 3 aromatic rings. The van der Waals surface area contributed by atoms with Gasteiger partial charge in [0.1, 0.15) is 11.4 Å². The first-order chi connectivity index (χ1) is 14.4. The number of hydrogen-bond donors (Lipinski definition) is 0. The lowest BCUT2D eigenvalue weighted by atomic mass is 9.93. The summed E-state index contributed by atoms with van der Waals surface area (Å²) in [5.74, 6) is 0.434. The van der Waals surface area contributed by atoms with Gasteiger partial charge in [-0.15, -0.1) is 0 Å². The minimum atomic E-state index is -3.47. The maximum Gasteiger partial charge on any atom is 0.242 e. The fourth-order valence-electron chi connectivity index (χ4n) is 3.64. The number of piperidine rings is 1. The molecular formula is C20H22N6O3S. The Balaban J connectivity index is 1.55. The van der Waals surface area contributed by atoms with E-state index >= 15 is 0 Å². The van der Waals surface area contributed by atoms with E-state index in [1.54, 1.807) is 47.8 Å². The Morgan fingerprint density at radius 1 is 1.13 bits per heavy atom. The summed E-state index contributed by atoms with van der Waals surface area (Å²) in [5, 5.41) is 0. The van der Waals surface area contributed by atoms with Crippen molar-refractivity contribution in [3.05, 3.63) is 55.1 Å². The average molecular weight is 427 g/mol. The number of pyridine rings is 1. The molecule has 0 aliphatic carbocycles. The fourth-order valence-corrected chi connectivity index (χ4v) is 4.48. The number of likely N-dealkylation sites (tertiary alicyclic amines) is 1. The van der Waals surface area contributed by atoms with Gasteiger partial charge in [-0.2, -0.15) is 0 Å². The topological polar surface area (TPSA) is 111 Å². The zero-order valence-corrected chi connectivity index (χ0v) is 17.4. The minimum Gasteiger partial charge on any atom is -0.341 e. The van der Waals surface area contributed by atoms with Crippen molar-refractivity contribution >= 4 is 15.7 Å². The summed E-state index contributed by atoms with van der Waals surface area (Å²) >= 11 is 0. The van der Waals surface area contributed by atoms with Crippen molar-refractivity contribution in [2.75, 3.05) is 19.3 Å². The molecule has 0 atom stereocenters. The average Bonchev–Trinajstić information content (AvgIpc) is 3.26. The Labute approximate surface area is 174 Å². The highest BCUT2D eigenvalue weighted by molar-refractivity contribution is 7.90. The van der Waals surface area contributed by atoms with E-state index in [9.17, 15) is 13.2 Å². The van der Waals surface area contributed by atoms with Gasteiger partial charge in [-0.05, 0) is 25.0 Å². The largest absolute Gasteiger partial charge is 0.341 e. The zero-order valence-electron chi connectivity index (χ0n) is 16.5. The third-order valence-corrected chi connectivity index (χ3v) is 6.35. The van der Waals surface area contributed by atoms with Gasteiger partial charge in [0.05, 0.1) is 12.0 Å². The van der Waals surface area contributed by atoms with E-state index in [4.69, 9.17) is 0 Å². The standard InChI is InChI=1S/C20H22N6O3S/c1-30(28,29)17-12-23-20(16-2-6-21-7-3-16)24-19(17)15-4-9-26(10-5-15)18(27)13-25-11-8-22-14-25/h2-3,6-8,11-12,14-15H,4-5,9-10,13H2,1H3. The third kappa shape index (κ3) is 4.38. The molecule has 10 heteroatoms. The van der Waals surface area contributed by atoms with Gasteiger partial charge in [0.15, 0.2) is 15.7 Å². The molecular weight excluding hydrogens is 404 g/mol. The molecule has 0 N–H and O–H groups in total. The Hall–Kier alpha value is -3.14. The number of amides is 1. The van der Waals surface area contributed by atoms with Gasteiger partial charge in [-0.3, -0.25) is 9.78 Å². The lowest BCUT2D eigenvalue weighted by Crippen LogP contribution is -2.40. The summed E-state index contributed by atoms with van der Waals surface area (Å²) in [6.45, 7) is 1.35. The molecule has 30 heavy (non-hydrogen) atoms. The van der Waals surface area contributed by atoms with Crippen LogP contribution in [0.5, 0.6) is 0 Å². The van der Waals surface area contributed by atoms with Crippen LogP contribution in [0, 0.1) is 0 Å². The highest BCUT2D eigenvalue weighted by Gasteiger charge is 2.29. The predicted octanol–water partition coefficient (Wildman–Crippen LogP) is 1.54. The molecule has 0 spiro atoms. The molecule has 1 aliphatic rings. The summed E-state index contributed by atoms with van der Waals surface area (Å²) in [4.78, 5) is 31.3. The van der Waals surface area contributed by atoms with Gasteiger partial charge in [-0.1, -0.05) is 0 Å². The Kier molecular flexibility index (Phi) is 5.58. The van der Waals surface area contributed by atoms with Crippen molar-refractivity contribution in [3.63, 3.8) is 0 Å².